The van der Waals surface area contributed by atoms with Crippen molar-refractivity contribution in [2.24, 2.45) is 0 Å². The molecule has 0 aromatic rings. The maximum absolute atomic E-state index is 11.4. The highest BCUT2D eigenvalue weighted by Crippen LogP contribution is 2.19. The number of nitrogens with zero attached hydrogens (tertiary/aromatic N) is 2. The minimum atomic E-state index is 0.106. The first-order chi connectivity index (χ1) is 5.04. The first-order valence-corrected chi connectivity index (χ1v) is 3.97. The molecule has 0 N–H and O–H groups in total. The number of likely N-dealkylation sites (N-methyl/N-ethyl adjacent to an activating group) is 2. The predicted molar refractivity (Wildman–Crippen MR) is 44.3 cm³/mol. The zero-order chi connectivity index (χ0) is 8.59. The minimum absolute atomic E-state index is 0.106. The Balaban J connectivity index is 2.67. The largest absolute Gasteiger partial charge is 0.342 e. The SMILES string of the molecule is CC1CC(N(C)C)C(=O)N1C. The molecule has 1 fully saturated rings. The fourth-order valence-electron chi connectivity index (χ4n) is 1.47. The Morgan fingerprint density at radius 2 is 2.09 bits per heavy atom. The second-order valence-corrected chi connectivity index (χ2v) is 3.51. The zero-order valence-corrected chi connectivity index (χ0v) is 7.66. The average molecular weight is 156 g/mol. The highest BCUT2D eigenvalue weighted by Gasteiger charge is 2.35. The molecule has 0 aromatic carbocycles. The van der Waals surface area contributed by atoms with Crippen LogP contribution in [-0.4, -0.2) is 48.9 Å². The van der Waals surface area contributed by atoms with Crippen LogP contribution in [0.2, 0.25) is 0 Å². The molecule has 3 heteroatoms. The fraction of sp³-hybridized carbons (Fsp3) is 0.875. The molecule has 0 bridgehead atoms. The van der Waals surface area contributed by atoms with Crippen LogP contribution < -0.4 is 0 Å². The molecule has 1 rings (SSSR count). The lowest BCUT2D eigenvalue weighted by atomic mass is 10.2. The number of carbonyl (C=O) groups is 1. The van der Waals surface area contributed by atoms with Crippen LogP contribution in [0.3, 0.4) is 0 Å². The second kappa shape index (κ2) is 2.81. The molecular formula is C8H16N2O. The van der Waals surface area contributed by atoms with Gasteiger partial charge in [-0.15, -0.1) is 0 Å². The van der Waals surface area contributed by atoms with E-state index in [0.717, 1.165) is 6.42 Å². The summed E-state index contributed by atoms with van der Waals surface area (Å²) in [7, 11) is 5.78. The molecule has 1 aliphatic heterocycles. The van der Waals surface area contributed by atoms with Gasteiger partial charge in [0, 0.05) is 13.1 Å². The van der Waals surface area contributed by atoms with Gasteiger partial charge < -0.3 is 4.90 Å². The van der Waals surface area contributed by atoms with E-state index in [1.54, 1.807) is 0 Å². The summed E-state index contributed by atoms with van der Waals surface area (Å²) < 4.78 is 0. The van der Waals surface area contributed by atoms with Gasteiger partial charge in [-0.3, -0.25) is 9.69 Å². The van der Waals surface area contributed by atoms with Crippen molar-refractivity contribution in [3.8, 4) is 0 Å². The standard InChI is InChI=1S/C8H16N2O/c1-6-5-7(9(2)3)8(11)10(6)4/h6-7H,5H2,1-4H3. The van der Waals surface area contributed by atoms with Gasteiger partial charge in [-0.2, -0.15) is 0 Å². The predicted octanol–water partition coefficient (Wildman–Crippen LogP) is 0.167. The van der Waals surface area contributed by atoms with E-state index in [9.17, 15) is 4.79 Å². The summed E-state index contributed by atoms with van der Waals surface area (Å²) in [5.41, 5.74) is 0. The molecule has 0 aromatic heterocycles. The Hall–Kier alpha value is -0.570. The van der Waals surface area contributed by atoms with Crippen molar-refractivity contribution >= 4 is 5.91 Å². The first kappa shape index (κ1) is 8.53. The van der Waals surface area contributed by atoms with Gasteiger partial charge in [-0.25, -0.2) is 0 Å². The normalized spacial score (nSPS) is 32.1. The van der Waals surface area contributed by atoms with Crippen LogP contribution in [0.25, 0.3) is 0 Å². The lowest BCUT2D eigenvalue weighted by molar-refractivity contribution is -0.131. The molecular weight excluding hydrogens is 140 g/mol. The van der Waals surface area contributed by atoms with Gasteiger partial charge in [-0.1, -0.05) is 0 Å². The molecule has 2 unspecified atom stereocenters. The van der Waals surface area contributed by atoms with Gasteiger partial charge in [0.05, 0.1) is 6.04 Å². The third-order valence-corrected chi connectivity index (χ3v) is 2.48. The van der Waals surface area contributed by atoms with Crippen molar-refractivity contribution in [1.29, 1.82) is 0 Å². The van der Waals surface area contributed by atoms with Crippen LogP contribution in [0.15, 0.2) is 0 Å². The molecule has 1 amide bonds. The van der Waals surface area contributed by atoms with E-state index in [1.165, 1.54) is 0 Å². The van der Waals surface area contributed by atoms with Gasteiger partial charge in [0.1, 0.15) is 0 Å². The summed E-state index contributed by atoms with van der Waals surface area (Å²) in [5.74, 6) is 0.252. The van der Waals surface area contributed by atoms with Crippen molar-refractivity contribution < 1.29 is 4.79 Å². The number of hydrogen-bond acceptors (Lipinski definition) is 2. The van der Waals surface area contributed by atoms with Crippen molar-refractivity contribution in [2.75, 3.05) is 21.1 Å². The molecule has 3 nitrogen and oxygen atoms in total. The summed E-state index contributed by atoms with van der Waals surface area (Å²) in [5, 5.41) is 0. The zero-order valence-electron chi connectivity index (χ0n) is 7.66. The van der Waals surface area contributed by atoms with Crippen LogP contribution in [0.1, 0.15) is 13.3 Å². The van der Waals surface area contributed by atoms with Gasteiger partial charge in [0.15, 0.2) is 0 Å². The molecule has 1 heterocycles. The number of carbonyl (C=O) groups excluding carboxylic acids is 1. The Kier molecular flexibility index (Phi) is 2.18. The van der Waals surface area contributed by atoms with Crippen molar-refractivity contribution in [3.05, 3.63) is 0 Å². The molecule has 0 radical (unpaired) electrons. The molecule has 11 heavy (non-hydrogen) atoms. The summed E-state index contributed by atoms with van der Waals surface area (Å²) in [6, 6.07) is 0.505. The molecule has 64 valence electrons. The van der Waals surface area contributed by atoms with Crippen LogP contribution in [0, 0.1) is 0 Å². The number of amides is 1. The summed E-state index contributed by atoms with van der Waals surface area (Å²) in [6.45, 7) is 2.08. The molecule has 0 spiro atoms. The van der Waals surface area contributed by atoms with Gasteiger partial charge in [0.25, 0.3) is 0 Å². The summed E-state index contributed by atoms with van der Waals surface area (Å²) in [4.78, 5) is 15.3. The Morgan fingerprint density at radius 1 is 1.55 bits per heavy atom. The van der Waals surface area contributed by atoms with Crippen LogP contribution in [-0.2, 0) is 4.79 Å². The van der Waals surface area contributed by atoms with Crippen molar-refractivity contribution in [1.82, 2.24) is 9.80 Å². The fourth-order valence-corrected chi connectivity index (χ4v) is 1.47. The third-order valence-electron chi connectivity index (χ3n) is 2.48. The topological polar surface area (TPSA) is 23.6 Å². The number of likely N-dealkylation sites (tertiary alicyclic amines) is 1. The number of rotatable bonds is 1. The van der Waals surface area contributed by atoms with E-state index in [4.69, 9.17) is 0 Å². The lowest BCUT2D eigenvalue weighted by Gasteiger charge is -2.17. The van der Waals surface area contributed by atoms with E-state index < -0.39 is 0 Å². The quantitative estimate of drug-likeness (QED) is 0.540. The van der Waals surface area contributed by atoms with Gasteiger partial charge in [0.2, 0.25) is 5.91 Å². The highest BCUT2D eigenvalue weighted by molar-refractivity contribution is 5.84. The molecule has 1 saturated heterocycles. The highest BCUT2D eigenvalue weighted by atomic mass is 16.2. The maximum Gasteiger partial charge on any atom is 0.239 e. The van der Waals surface area contributed by atoms with E-state index in [2.05, 4.69) is 6.92 Å². The van der Waals surface area contributed by atoms with E-state index in [-0.39, 0.29) is 11.9 Å². The average Bonchev–Trinajstić information content (AvgIpc) is 2.17. The van der Waals surface area contributed by atoms with E-state index in [1.807, 2.05) is 30.9 Å². The summed E-state index contributed by atoms with van der Waals surface area (Å²) in [6.07, 6.45) is 0.961. The van der Waals surface area contributed by atoms with Gasteiger partial charge in [-0.05, 0) is 27.4 Å². The van der Waals surface area contributed by atoms with Crippen LogP contribution >= 0.6 is 0 Å². The monoisotopic (exact) mass is 156 g/mol. The second-order valence-electron chi connectivity index (χ2n) is 3.51. The minimum Gasteiger partial charge on any atom is -0.342 e. The maximum atomic E-state index is 11.4. The Labute approximate surface area is 68.0 Å². The van der Waals surface area contributed by atoms with Gasteiger partial charge >= 0.3 is 0 Å². The van der Waals surface area contributed by atoms with Crippen LogP contribution in [0.4, 0.5) is 0 Å². The Bertz CT molecular complexity index is 167. The Morgan fingerprint density at radius 3 is 2.27 bits per heavy atom. The molecule has 2 atom stereocenters. The first-order valence-electron chi connectivity index (χ1n) is 3.97. The number of hydrogen-bond donors (Lipinski definition) is 0. The van der Waals surface area contributed by atoms with Crippen LogP contribution in [0.5, 0.6) is 0 Å². The summed E-state index contributed by atoms with van der Waals surface area (Å²) >= 11 is 0. The van der Waals surface area contributed by atoms with Crippen molar-refractivity contribution in [3.63, 3.8) is 0 Å². The molecule has 0 saturated carbocycles. The van der Waals surface area contributed by atoms with E-state index in [0.29, 0.717) is 6.04 Å². The third kappa shape index (κ3) is 1.38. The molecule has 1 aliphatic rings. The molecule has 0 aliphatic carbocycles. The van der Waals surface area contributed by atoms with Crippen molar-refractivity contribution in [2.45, 2.75) is 25.4 Å². The van der Waals surface area contributed by atoms with E-state index >= 15 is 0 Å². The lowest BCUT2D eigenvalue weighted by Crippen LogP contribution is -2.36. The smallest absolute Gasteiger partial charge is 0.239 e.